The Morgan fingerprint density at radius 2 is 2.27 bits per heavy atom. The van der Waals surface area contributed by atoms with Gasteiger partial charge in [0.1, 0.15) is 0 Å². The van der Waals surface area contributed by atoms with E-state index < -0.39 is 0 Å². The number of hydrogen-bond donors (Lipinski definition) is 0. The van der Waals surface area contributed by atoms with Gasteiger partial charge in [-0.25, -0.2) is 0 Å². The Kier molecular flexibility index (Phi) is 5.28. The molecule has 0 saturated carbocycles. The zero-order chi connectivity index (χ0) is 11.1. The maximum atomic E-state index is 8.76. The molecule has 80 valence electrons. The fourth-order valence-electron chi connectivity index (χ4n) is 1.23. The molecule has 0 spiro atoms. The molecular weight excluding hydrogens is 202 g/mol. The van der Waals surface area contributed by atoms with Crippen molar-refractivity contribution in [2.24, 2.45) is 5.92 Å². The van der Waals surface area contributed by atoms with Crippen LogP contribution in [0.5, 0.6) is 0 Å². The molecule has 1 nitrogen and oxygen atoms in total. The molecule has 1 aromatic carbocycles. The van der Waals surface area contributed by atoms with Crippen LogP contribution in [0, 0.1) is 17.2 Å². The molecule has 1 rings (SSSR count). The highest BCUT2D eigenvalue weighted by Crippen LogP contribution is 2.17. The van der Waals surface area contributed by atoms with Crippen LogP contribution < -0.4 is 0 Å². The second kappa shape index (κ2) is 6.53. The van der Waals surface area contributed by atoms with E-state index in [0.29, 0.717) is 0 Å². The summed E-state index contributed by atoms with van der Waals surface area (Å²) in [5, 5.41) is 8.76. The Morgan fingerprint density at radius 3 is 2.93 bits per heavy atom. The lowest BCUT2D eigenvalue weighted by atomic mass is 10.2. The van der Waals surface area contributed by atoms with Gasteiger partial charge in [0.2, 0.25) is 0 Å². The standard InChI is InChI=1S/C13H17NS/c1-3-11(2)9-15-10-13-6-4-5-12(7-13)8-14/h4-7,11H,3,9-10H2,1-2H3. The molecule has 0 aromatic heterocycles. The van der Waals surface area contributed by atoms with E-state index in [-0.39, 0.29) is 0 Å². The predicted octanol–water partition coefficient (Wildman–Crippen LogP) is 3.84. The van der Waals surface area contributed by atoms with Gasteiger partial charge >= 0.3 is 0 Å². The van der Waals surface area contributed by atoms with Crippen LogP contribution in [0.15, 0.2) is 24.3 Å². The SMILES string of the molecule is CCC(C)CSCc1cccc(C#N)c1. The van der Waals surface area contributed by atoms with Crippen molar-refractivity contribution >= 4 is 11.8 Å². The monoisotopic (exact) mass is 219 g/mol. The smallest absolute Gasteiger partial charge is 0.0991 e. The van der Waals surface area contributed by atoms with Crippen LogP contribution in [0.3, 0.4) is 0 Å². The summed E-state index contributed by atoms with van der Waals surface area (Å²) in [6, 6.07) is 10.0. The first-order chi connectivity index (χ1) is 7.26. The molecule has 1 aromatic rings. The fourth-order valence-corrected chi connectivity index (χ4v) is 2.40. The number of rotatable bonds is 5. The molecule has 15 heavy (non-hydrogen) atoms. The van der Waals surface area contributed by atoms with Crippen molar-refractivity contribution in [1.29, 1.82) is 5.26 Å². The lowest BCUT2D eigenvalue weighted by Crippen LogP contribution is -1.95. The fraction of sp³-hybridized carbons (Fsp3) is 0.462. The maximum absolute atomic E-state index is 8.76. The second-order valence-electron chi connectivity index (χ2n) is 3.84. The van der Waals surface area contributed by atoms with E-state index in [4.69, 9.17) is 5.26 Å². The summed E-state index contributed by atoms with van der Waals surface area (Å²) in [4.78, 5) is 0. The van der Waals surface area contributed by atoms with Crippen molar-refractivity contribution in [3.63, 3.8) is 0 Å². The zero-order valence-corrected chi connectivity index (χ0v) is 10.2. The topological polar surface area (TPSA) is 23.8 Å². The average Bonchev–Trinajstić information content (AvgIpc) is 2.29. The van der Waals surface area contributed by atoms with E-state index in [9.17, 15) is 0 Å². The van der Waals surface area contributed by atoms with Gasteiger partial charge in [0.25, 0.3) is 0 Å². The number of benzene rings is 1. The number of hydrogen-bond acceptors (Lipinski definition) is 2. The van der Waals surface area contributed by atoms with Crippen LogP contribution in [0.2, 0.25) is 0 Å². The van der Waals surface area contributed by atoms with Crippen LogP contribution in [0.25, 0.3) is 0 Å². The van der Waals surface area contributed by atoms with Crippen molar-refractivity contribution in [2.45, 2.75) is 26.0 Å². The zero-order valence-electron chi connectivity index (χ0n) is 9.36. The van der Waals surface area contributed by atoms with Crippen molar-refractivity contribution in [3.8, 4) is 6.07 Å². The Morgan fingerprint density at radius 1 is 1.47 bits per heavy atom. The molecule has 0 saturated heterocycles. The molecule has 0 aliphatic heterocycles. The highest BCUT2D eigenvalue weighted by molar-refractivity contribution is 7.98. The highest BCUT2D eigenvalue weighted by atomic mass is 32.2. The molecule has 1 atom stereocenters. The van der Waals surface area contributed by atoms with Gasteiger partial charge in [-0.1, -0.05) is 32.4 Å². The molecule has 1 unspecified atom stereocenters. The van der Waals surface area contributed by atoms with Crippen molar-refractivity contribution < 1.29 is 0 Å². The summed E-state index contributed by atoms with van der Waals surface area (Å²) >= 11 is 1.95. The van der Waals surface area contributed by atoms with Crippen molar-refractivity contribution in [3.05, 3.63) is 35.4 Å². The van der Waals surface area contributed by atoms with E-state index in [1.54, 1.807) is 0 Å². The maximum Gasteiger partial charge on any atom is 0.0991 e. The Balaban J connectivity index is 2.41. The summed E-state index contributed by atoms with van der Waals surface area (Å²) in [5.74, 6) is 3.00. The largest absolute Gasteiger partial charge is 0.192 e. The van der Waals surface area contributed by atoms with E-state index >= 15 is 0 Å². The third kappa shape index (κ3) is 4.40. The van der Waals surface area contributed by atoms with Crippen LogP contribution in [0.1, 0.15) is 31.4 Å². The molecule has 0 amide bonds. The normalized spacial score (nSPS) is 12.1. The summed E-state index contributed by atoms with van der Waals surface area (Å²) in [6.07, 6.45) is 1.24. The van der Waals surface area contributed by atoms with Gasteiger partial charge in [0.15, 0.2) is 0 Å². The molecule has 0 radical (unpaired) electrons. The molecular formula is C13H17NS. The minimum absolute atomic E-state index is 0.761. The van der Waals surface area contributed by atoms with Gasteiger partial charge in [0, 0.05) is 5.75 Å². The molecule has 2 heteroatoms. The second-order valence-corrected chi connectivity index (χ2v) is 4.87. The quantitative estimate of drug-likeness (QED) is 0.751. The van der Waals surface area contributed by atoms with Gasteiger partial charge in [-0.2, -0.15) is 17.0 Å². The van der Waals surface area contributed by atoms with Gasteiger partial charge in [0.05, 0.1) is 11.6 Å². The summed E-state index contributed by atoms with van der Waals surface area (Å²) < 4.78 is 0. The molecule has 0 aliphatic rings. The van der Waals surface area contributed by atoms with E-state index in [2.05, 4.69) is 26.0 Å². The van der Waals surface area contributed by atoms with E-state index in [1.807, 2.05) is 30.0 Å². The molecule has 0 bridgehead atoms. The van der Waals surface area contributed by atoms with Gasteiger partial charge in [-0.3, -0.25) is 0 Å². The van der Waals surface area contributed by atoms with E-state index in [1.165, 1.54) is 17.7 Å². The van der Waals surface area contributed by atoms with Crippen LogP contribution in [-0.2, 0) is 5.75 Å². The predicted molar refractivity (Wildman–Crippen MR) is 66.8 cm³/mol. The molecule has 0 N–H and O–H groups in total. The minimum Gasteiger partial charge on any atom is -0.192 e. The lowest BCUT2D eigenvalue weighted by molar-refractivity contribution is 0.637. The Bertz CT molecular complexity index is 341. The average molecular weight is 219 g/mol. The number of nitriles is 1. The van der Waals surface area contributed by atoms with Gasteiger partial charge in [-0.05, 0) is 29.4 Å². The third-order valence-electron chi connectivity index (χ3n) is 2.42. The number of thioether (sulfide) groups is 1. The van der Waals surface area contributed by atoms with Crippen molar-refractivity contribution in [1.82, 2.24) is 0 Å². The first-order valence-electron chi connectivity index (χ1n) is 5.33. The minimum atomic E-state index is 0.761. The van der Waals surface area contributed by atoms with Crippen LogP contribution >= 0.6 is 11.8 Å². The molecule has 0 heterocycles. The highest BCUT2D eigenvalue weighted by Gasteiger charge is 2.00. The summed E-state index contributed by atoms with van der Waals surface area (Å²) in [5.41, 5.74) is 2.01. The molecule has 0 fully saturated rings. The first kappa shape index (κ1) is 12.1. The molecule has 0 aliphatic carbocycles. The first-order valence-corrected chi connectivity index (χ1v) is 6.48. The van der Waals surface area contributed by atoms with Crippen LogP contribution in [-0.4, -0.2) is 5.75 Å². The Hall–Kier alpha value is -0.940. The third-order valence-corrected chi connectivity index (χ3v) is 3.77. The van der Waals surface area contributed by atoms with Gasteiger partial charge < -0.3 is 0 Å². The summed E-state index contributed by atoms with van der Waals surface area (Å²) in [7, 11) is 0. The number of nitrogens with zero attached hydrogens (tertiary/aromatic N) is 1. The van der Waals surface area contributed by atoms with Gasteiger partial charge in [-0.15, -0.1) is 0 Å². The summed E-state index contributed by atoms with van der Waals surface area (Å²) in [6.45, 7) is 4.50. The lowest BCUT2D eigenvalue weighted by Gasteiger charge is -2.07. The van der Waals surface area contributed by atoms with Crippen molar-refractivity contribution in [2.75, 3.05) is 5.75 Å². The van der Waals surface area contributed by atoms with E-state index in [0.717, 1.165) is 17.2 Å². The van der Waals surface area contributed by atoms with Crippen LogP contribution in [0.4, 0.5) is 0 Å². The Labute approximate surface area is 96.5 Å².